The lowest BCUT2D eigenvalue weighted by molar-refractivity contribution is 0.0694. The number of nitrogens with zero attached hydrogens (tertiary/aromatic N) is 2. The number of aromatic hydroxyl groups is 1. The van der Waals surface area contributed by atoms with Crippen molar-refractivity contribution < 1.29 is 15.0 Å². The zero-order valence-electron chi connectivity index (χ0n) is 9.82. The van der Waals surface area contributed by atoms with Gasteiger partial charge >= 0.3 is 5.97 Å². The summed E-state index contributed by atoms with van der Waals surface area (Å²) >= 11 is 0. The number of hydrogen-bond donors (Lipinski definition) is 3. The SMILES string of the molecule is Nc1ccc(N=Nc2cccc(C(=O)O)c2O)cc1. The molecule has 4 N–H and O–H groups in total. The fraction of sp³-hybridized carbons (Fsp3) is 0. The molecule has 0 aromatic heterocycles. The number of azo groups is 1. The van der Waals surface area contributed by atoms with Gasteiger partial charge in [0.05, 0.1) is 5.69 Å². The summed E-state index contributed by atoms with van der Waals surface area (Å²) in [4.78, 5) is 10.8. The number of carbonyl (C=O) groups is 1. The zero-order valence-corrected chi connectivity index (χ0v) is 9.82. The quantitative estimate of drug-likeness (QED) is 0.579. The number of nitrogen functional groups attached to an aromatic ring is 1. The van der Waals surface area contributed by atoms with Gasteiger partial charge in [0, 0.05) is 5.69 Å². The van der Waals surface area contributed by atoms with E-state index in [0.29, 0.717) is 11.4 Å². The molecule has 0 bridgehead atoms. The highest BCUT2D eigenvalue weighted by Gasteiger charge is 2.12. The van der Waals surface area contributed by atoms with Gasteiger partial charge in [-0.3, -0.25) is 0 Å². The number of hydrogen-bond acceptors (Lipinski definition) is 5. The topological polar surface area (TPSA) is 108 Å². The molecular formula is C13H11N3O3. The molecule has 2 aromatic rings. The van der Waals surface area contributed by atoms with Crippen molar-refractivity contribution in [2.24, 2.45) is 10.2 Å². The van der Waals surface area contributed by atoms with Crippen molar-refractivity contribution in [3.63, 3.8) is 0 Å². The molecule has 19 heavy (non-hydrogen) atoms. The van der Waals surface area contributed by atoms with E-state index in [0.717, 1.165) is 0 Å². The van der Waals surface area contributed by atoms with Crippen LogP contribution in [0.4, 0.5) is 17.1 Å². The average Bonchev–Trinajstić information content (AvgIpc) is 2.39. The number of nitrogens with two attached hydrogens (primary N) is 1. The molecule has 0 aliphatic carbocycles. The van der Waals surface area contributed by atoms with Crippen molar-refractivity contribution >= 4 is 23.0 Å². The van der Waals surface area contributed by atoms with Crippen LogP contribution in [-0.4, -0.2) is 16.2 Å². The molecule has 0 aliphatic rings. The first-order valence-corrected chi connectivity index (χ1v) is 5.40. The van der Waals surface area contributed by atoms with Crippen LogP contribution in [0.15, 0.2) is 52.7 Å². The molecule has 2 rings (SSSR count). The first-order chi connectivity index (χ1) is 9.08. The van der Waals surface area contributed by atoms with Crippen LogP contribution in [0.5, 0.6) is 5.75 Å². The molecule has 6 heteroatoms. The second kappa shape index (κ2) is 5.18. The normalized spacial score (nSPS) is 10.7. The summed E-state index contributed by atoms with van der Waals surface area (Å²) in [5.74, 6) is -1.63. The van der Waals surface area contributed by atoms with Gasteiger partial charge in [0.2, 0.25) is 0 Å². The van der Waals surface area contributed by atoms with Gasteiger partial charge < -0.3 is 15.9 Å². The lowest BCUT2D eigenvalue weighted by Crippen LogP contribution is -1.95. The molecule has 6 nitrogen and oxygen atoms in total. The van der Waals surface area contributed by atoms with Crippen LogP contribution in [0.2, 0.25) is 0 Å². The van der Waals surface area contributed by atoms with Crippen molar-refractivity contribution in [2.75, 3.05) is 5.73 Å². The Kier molecular flexibility index (Phi) is 3.42. The number of para-hydroxylation sites is 1. The van der Waals surface area contributed by atoms with Crippen molar-refractivity contribution in [3.05, 3.63) is 48.0 Å². The standard InChI is InChI=1S/C13H11N3O3/c14-8-4-6-9(7-5-8)15-16-11-3-1-2-10(12(11)17)13(18)19/h1-7,17H,14H2,(H,18,19). The number of aromatic carboxylic acids is 1. The second-order valence-electron chi connectivity index (χ2n) is 3.77. The van der Waals surface area contributed by atoms with Crippen molar-refractivity contribution in [1.29, 1.82) is 0 Å². The fourth-order valence-corrected chi connectivity index (χ4v) is 1.44. The molecule has 0 radical (unpaired) electrons. The second-order valence-corrected chi connectivity index (χ2v) is 3.77. The van der Waals surface area contributed by atoms with Crippen LogP contribution >= 0.6 is 0 Å². The van der Waals surface area contributed by atoms with E-state index in [1.165, 1.54) is 18.2 Å². The number of phenols is 1. The summed E-state index contributed by atoms with van der Waals surface area (Å²) in [6.45, 7) is 0. The van der Waals surface area contributed by atoms with Gasteiger partial charge in [-0.25, -0.2) is 4.79 Å². The number of carboxylic acids is 1. The minimum Gasteiger partial charge on any atom is -0.505 e. The number of anilines is 1. The third-order valence-electron chi connectivity index (χ3n) is 2.41. The van der Waals surface area contributed by atoms with Crippen LogP contribution in [0.3, 0.4) is 0 Å². The van der Waals surface area contributed by atoms with E-state index >= 15 is 0 Å². The zero-order chi connectivity index (χ0) is 13.8. The van der Waals surface area contributed by atoms with Crippen LogP contribution in [0.25, 0.3) is 0 Å². The lowest BCUT2D eigenvalue weighted by Gasteiger charge is -2.01. The maximum atomic E-state index is 10.8. The lowest BCUT2D eigenvalue weighted by atomic mass is 10.2. The molecule has 0 saturated heterocycles. The van der Waals surface area contributed by atoms with Crippen molar-refractivity contribution in [3.8, 4) is 5.75 Å². The monoisotopic (exact) mass is 257 g/mol. The van der Waals surface area contributed by atoms with Crippen LogP contribution in [-0.2, 0) is 0 Å². The van der Waals surface area contributed by atoms with Crippen molar-refractivity contribution in [1.82, 2.24) is 0 Å². The summed E-state index contributed by atoms with van der Waals surface area (Å²) in [6.07, 6.45) is 0. The van der Waals surface area contributed by atoms with Crippen LogP contribution < -0.4 is 5.73 Å². The van der Waals surface area contributed by atoms with E-state index in [4.69, 9.17) is 10.8 Å². The number of benzene rings is 2. The largest absolute Gasteiger partial charge is 0.505 e. The third-order valence-corrected chi connectivity index (χ3v) is 2.41. The first kappa shape index (κ1) is 12.6. The van der Waals surface area contributed by atoms with E-state index in [9.17, 15) is 9.90 Å². The Morgan fingerprint density at radius 1 is 1.05 bits per heavy atom. The molecule has 96 valence electrons. The molecule has 2 aromatic carbocycles. The molecule has 0 unspecified atom stereocenters. The van der Waals surface area contributed by atoms with E-state index in [2.05, 4.69) is 10.2 Å². The molecule has 0 fully saturated rings. The molecule has 0 aliphatic heterocycles. The number of rotatable bonds is 3. The number of carboxylic acid groups (broad SMARTS) is 1. The Bertz CT molecular complexity index is 636. The van der Waals surface area contributed by atoms with Gasteiger partial charge in [0.15, 0.2) is 5.75 Å². The van der Waals surface area contributed by atoms with E-state index in [1.54, 1.807) is 24.3 Å². The molecule has 0 heterocycles. The van der Waals surface area contributed by atoms with Gasteiger partial charge in [-0.05, 0) is 36.4 Å². The van der Waals surface area contributed by atoms with Gasteiger partial charge in [-0.1, -0.05) is 6.07 Å². The summed E-state index contributed by atoms with van der Waals surface area (Å²) in [6, 6.07) is 10.9. The van der Waals surface area contributed by atoms with Gasteiger partial charge in [0.1, 0.15) is 11.3 Å². The fourth-order valence-electron chi connectivity index (χ4n) is 1.44. The van der Waals surface area contributed by atoms with E-state index < -0.39 is 11.7 Å². The average molecular weight is 257 g/mol. The maximum Gasteiger partial charge on any atom is 0.339 e. The summed E-state index contributed by atoms with van der Waals surface area (Å²) < 4.78 is 0. The molecular weight excluding hydrogens is 246 g/mol. The summed E-state index contributed by atoms with van der Waals surface area (Å²) in [5, 5.41) is 26.3. The summed E-state index contributed by atoms with van der Waals surface area (Å²) in [7, 11) is 0. The van der Waals surface area contributed by atoms with E-state index in [-0.39, 0.29) is 11.3 Å². The Morgan fingerprint density at radius 2 is 1.74 bits per heavy atom. The van der Waals surface area contributed by atoms with E-state index in [1.807, 2.05) is 0 Å². The van der Waals surface area contributed by atoms with Gasteiger partial charge in [-0.2, -0.15) is 5.11 Å². The Balaban J connectivity index is 2.31. The highest BCUT2D eigenvalue weighted by molar-refractivity contribution is 5.92. The highest BCUT2D eigenvalue weighted by Crippen LogP contribution is 2.31. The molecule has 0 spiro atoms. The Hall–Kier alpha value is -2.89. The minimum absolute atomic E-state index is 0.0942. The third kappa shape index (κ3) is 2.86. The van der Waals surface area contributed by atoms with Gasteiger partial charge in [0.25, 0.3) is 0 Å². The van der Waals surface area contributed by atoms with Crippen LogP contribution in [0.1, 0.15) is 10.4 Å². The predicted molar refractivity (Wildman–Crippen MR) is 70.1 cm³/mol. The van der Waals surface area contributed by atoms with Gasteiger partial charge in [-0.15, -0.1) is 5.11 Å². The predicted octanol–water partition coefficient (Wildman–Crippen LogP) is 3.09. The minimum atomic E-state index is -1.22. The molecule has 0 saturated carbocycles. The maximum absolute atomic E-state index is 10.8. The molecule has 0 atom stereocenters. The highest BCUT2D eigenvalue weighted by atomic mass is 16.4. The Labute approximate surface area is 108 Å². The smallest absolute Gasteiger partial charge is 0.339 e. The van der Waals surface area contributed by atoms with Crippen molar-refractivity contribution in [2.45, 2.75) is 0 Å². The van der Waals surface area contributed by atoms with Crippen LogP contribution in [0, 0.1) is 0 Å². The molecule has 0 amide bonds. The summed E-state index contributed by atoms with van der Waals surface area (Å²) in [5.41, 5.74) is 6.57. The first-order valence-electron chi connectivity index (χ1n) is 5.40. The Morgan fingerprint density at radius 3 is 2.37 bits per heavy atom.